The first-order valence-electron chi connectivity index (χ1n) is 11.0. The van der Waals surface area contributed by atoms with Crippen LogP contribution in [0.25, 0.3) is 5.57 Å². The van der Waals surface area contributed by atoms with E-state index in [1.165, 1.54) is 12.0 Å². The smallest absolute Gasteiger partial charge is 0.282 e. The summed E-state index contributed by atoms with van der Waals surface area (Å²) >= 11 is 0. The summed E-state index contributed by atoms with van der Waals surface area (Å²) in [5.41, 5.74) is 2.90. The molecule has 1 aliphatic heterocycles. The summed E-state index contributed by atoms with van der Waals surface area (Å²) in [6.07, 6.45) is 0. The molecule has 0 radical (unpaired) electrons. The van der Waals surface area contributed by atoms with Gasteiger partial charge in [0.1, 0.15) is 17.2 Å². The monoisotopic (exact) mass is 457 g/mol. The molecule has 0 aromatic heterocycles. The number of hydrogen-bond acceptors (Lipinski definition) is 6. The van der Waals surface area contributed by atoms with Gasteiger partial charge in [-0.05, 0) is 43.3 Å². The molecule has 0 saturated carbocycles. The Kier molecular flexibility index (Phi) is 6.54. The van der Waals surface area contributed by atoms with E-state index in [1.54, 1.807) is 18.2 Å². The molecule has 3 aromatic rings. The predicted octanol–water partition coefficient (Wildman–Crippen LogP) is 4.56. The molecule has 0 aliphatic carbocycles. The lowest BCUT2D eigenvalue weighted by Crippen LogP contribution is -2.32. The fraction of sp³-hybridized carbons (Fsp3) is 0.185. The third-order valence-electron chi connectivity index (χ3n) is 5.51. The molecule has 1 heterocycles. The minimum absolute atomic E-state index is 0.164. The Hall–Kier alpha value is -4.26. The number of nitrogens with one attached hydrogen (secondary N) is 1. The van der Waals surface area contributed by atoms with Crippen LogP contribution < -0.4 is 24.6 Å². The molecule has 4 rings (SSSR count). The molecule has 174 valence electrons. The van der Waals surface area contributed by atoms with Crippen molar-refractivity contribution in [2.75, 3.05) is 42.9 Å². The van der Waals surface area contributed by atoms with Crippen LogP contribution in [0.4, 0.5) is 17.1 Å². The van der Waals surface area contributed by atoms with Gasteiger partial charge in [-0.15, -0.1) is 0 Å². The maximum Gasteiger partial charge on any atom is 0.282 e. The number of imide groups is 1. The molecule has 3 aromatic carbocycles. The molecule has 0 saturated heterocycles. The number of nitrogens with zero attached hydrogens (tertiary/aromatic N) is 2. The van der Waals surface area contributed by atoms with Gasteiger partial charge in [-0.2, -0.15) is 0 Å². The van der Waals surface area contributed by atoms with Gasteiger partial charge in [-0.1, -0.05) is 36.4 Å². The molecule has 34 heavy (non-hydrogen) atoms. The maximum atomic E-state index is 13.8. The van der Waals surface area contributed by atoms with Crippen LogP contribution in [0.1, 0.15) is 12.5 Å². The van der Waals surface area contributed by atoms with Gasteiger partial charge in [-0.25, -0.2) is 4.90 Å². The van der Waals surface area contributed by atoms with Gasteiger partial charge < -0.3 is 19.7 Å². The third kappa shape index (κ3) is 4.20. The number of benzene rings is 3. The predicted molar refractivity (Wildman–Crippen MR) is 134 cm³/mol. The van der Waals surface area contributed by atoms with Crippen LogP contribution in [0.3, 0.4) is 0 Å². The summed E-state index contributed by atoms with van der Waals surface area (Å²) in [5.74, 6) is 0.208. The van der Waals surface area contributed by atoms with Gasteiger partial charge in [0.15, 0.2) is 0 Å². The summed E-state index contributed by atoms with van der Waals surface area (Å²) in [6.45, 7) is 2.35. The molecule has 2 amide bonds. The second-order valence-electron chi connectivity index (χ2n) is 7.86. The summed E-state index contributed by atoms with van der Waals surface area (Å²) in [6, 6.07) is 21.8. The van der Waals surface area contributed by atoms with Crippen molar-refractivity contribution in [2.24, 2.45) is 0 Å². The lowest BCUT2D eigenvalue weighted by molar-refractivity contribution is -0.120. The van der Waals surface area contributed by atoms with E-state index in [1.807, 2.05) is 80.5 Å². The maximum absolute atomic E-state index is 13.8. The average molecular weight is 458 g/mol. The highest BCUT2D eigenvalue weighted by Crippen LogP contribution is 2.39. The second kappa shape index (κ2) is 9.70. The van der Waals surface area contributed by atoms with Crippen molar-refractivity contribution in [3.05, 3.63) is 84.1 Å². The number of carbonyl (C=O) groups excluding carboxylic acids is 2. The summed E-state index contributed by atoms with van der Waals surface area (Å²) in [5, 5.41) is 3.19. The SMILES string of the molecule is CCOc1ccccc1NC1=C(c2ccccc2OC)C(=O)N(c2cccc(N(C)C)c2)C1=O. The zero-order chi connectivity index (χ0) is 24.2. The van der Waals surface area contributed by atoms with Crippen molar-refractivity contribution in [2.45, 2.75) is 6.92 Å². The van der Waals surface area contributed by atoms with Crippen molar-refractivity contribution in [1.29, 1.82) is 0 Å². The number of anilines is 3. The molecule has 0 unspecified atom stereocenters. The first-order chi connectivity index (χ1) is 16.5. The Morgan fingerprint density at radius 3 is 2.29 bits per heavy atom. The van der Waals surface area contributed by atoms with Crippen LogP contribution in [0.2, 0.25) is 0 Å². The normalized spacial score (nSPS) is 13.4. The number of amides is 2. The van der Waals surface area contributed by atoms with Crippen LogP contribution in [0.15, 0.2) is 78.5 Å². The summed E-state index contributed by atoms with van der Waals surface area (Å²) in [4.78, 5) is 30.6. The standard InChI is InChI=1S/C27H27N3O4/c1-5-34-23-16-9-7-14-21(23)28-25-24(20-13-6-8-15-22(20)33-4)26(31)30(27(25)32)19-12-10-11-18(17-19)29(2)3/h6-17,28H,5H2,1-4H3. The largest absolute Gasteiger partial charge is 0.496 e. The van der Waals surface area contributed by atoms with Crippen molar-refractivity contribution in [3.8, 4) is 11.5 Å². The molecule has 7 heteroatoms. The van der Waals surface area contributed by atoms with E-state index in [-0.39, 0.29) is 11.3 Å². The lowest BCUT2D eigenvalue weighted by atomic mass is 10.0. The van der Waals surface area contributed by atoms with E-state index in [4.69, 9.17) is 9.47 Å². The van der Waals surface area contributed by atoms with Gasteiger partial charge in [0.05, 0.1) is 30.7 Å². The Balaban J connectivity index is 1.86. The molecule has 1 aliphatic rings. The molecule has 0 spiro atoms. The number of para-hydroxylation sites is 3. The summed E-state index contributed by atoms with van der Waals surface area (Å²) in [7, 11) is 5.35. The van der Waals surface area contributed by atoms with E-state index in [2.05, 4.69) is 5.32 Å². The van der Waals surface area contributed by atoms with E-state index in [0.29, 0.717) is 35.0 Å². The van der Waals surface area contributed by atoms with Crippen molar-refractivity contribution in [1.82, 2.24) is 0 Å². The molecule has 7 nitrogen and oxygen atoms in total. The van der Waals surface area contributed by atoms with Crippen LogP contribution in [-0.2, 0) is 9.59 Å². The van der Waals surface area contributed by atoms with Gasteiger partial charge in [-0.3, -0.25) is 9.59 Å². The number of carbonyl (C=O) groups is 2. The average Bonchev–Trinajstić information content (AvgIpc) is 3.09. The van der Waals surface area contributed by atoms with Crippen molar-refractivity contribution in [3.63, 3.8) is 0 Å². The number of hydrogen-bond donors (Lipinski definition) is 1. The topological polar surface area (TPSA) is 71.1 Å². The number of ether oxygens (including phenoxy) is 2. The molecule has 0 bridgehead atoms. The molecular formula is C27H27N3O4. The molecule has 0 fully saturated rings. The Morgan fingerprint density at radius 1 is 0.882 bits per heavy atom. The minimum atomic E-state index is -0.451. The van der Waals surface area contributed by atoms with Crippen molar-refractivity contribution < 1.29 is 19.1 Å². The zero-order valence-corrected chi connectivity index (χ0v) is 19.7. The Morgan fingerprint density at radius 2 is 1.59 bits per heavy atom. The highest BCUT2D eigenvalue weighted by molar-refractivity contribution is 6.46. The first kappa shape index (κ1) is 22.9. The van der Waals surface area contributed by atoms with E-state index >= 15 is 0 Å². The van der Waals surface area contributed by atoms with E-state index in [0.717, 1.165) is 5.69 Å². The highest BCUT2D eigenvalue weighted by Gasteiger charge is 2.41. The third-order valence-corrected chi connectivity index (χ3v) is 5.51. The minimum Gasteiger partial charge on any atom is -0.496 e. The lowest BCUT2D eigenvalue weighted by Gasteiger charge is -2.19. The molecule has 0 atom stereocenters. The van der Waals surface area contributed by atoms with Gasteiger partial charge >= 0.3 is 0 Å². The number of rotatable bonds is 8. The molecule has 1 N–H and O–H groups in total. The van der Waals surface area contributed by atoms with Crippen LogP contribution in [-0.4, -0.2) is 39.6 Å². The number of methoxy groups -OCH3 is 1. The molecular weight excluding hydrogens is 430 g/mol. The van der Waals surface area contributed by atoms with Gasteiger partial charge in [0, 0.05) is 25.3 Å². The Labute approximate surface area is 199 Å². The fourth-order valence-corrected chi connectivity index (χ4v) is 3.88. The van der Waals surface area contributed by atoms with E-state index in [9.17, 15) is 9.59 Å². The first-order valence-corrected chi connectivity index (χ1v) is 11.0. The van der Waals surface area contributed by atoms with Crippen LogP contribution in [0.5, 0.6) is 11.5 Å². The van der Waals surface area contributed by atoms with E-state index < -0.39 is 11.8 Å². The zero-order valence-electron chi connectivity index (χ0n) is 19.7. The van der Waals surface area contributed by atoms with Crippen LogP contribution >= 0.6 is 0 Å². The Bertz CT molecular complexity index is 1270. The second-order valence-corrected chi connectivity index (χ2v) is 7.86. The fourth-order valence-electron chi connectivity index (χ4n) is 3.88. The van der Waals surface area contributed by atoms with Gasteiger partial charge in [0.25, 0.3) is 11.8 Å². The highest BCUT2D eigenvalue weighted by atomic mass is 16.5. The van der Waals surface area contributed by atoms with Crippen molar-refractivity contribution >= 4 is 34.4 Å². The quantitative estimate of drug-likeness (QED) is 0.500. The van der Waals surface area contributed by atoms with Crippen LogP contribution in [0, 0.1) is 0 Å². The summed E-state index contributed by atoms with van der Waals surface area (Å²) < 4.78 is 11.2. The van der Waals surface area contributed by atoms with Gasteiger partial charge in [0.2, 0.25) is 0 Å².